The molecule has 2 aliphatic heterocycles. The molecule has 0 radical (unpaired) electrons. The van der Waals surface area contributed by atoms with Crippen LogP contribution >= 0.6 is 43.2 Å². The van der Waals surface area contributed by atoms with Crippen molar-refractivity contribution in [3.63, 3.8) is 0 Å². The average molecular weight is 332 g/mol. The summed E-state index contributed by atoms with van der Waals surface area (Å²) in [7, 11) is 7.38. The van der Waals surface area contributed by atoms with Crippen LogP contribution in [0.5, 0.6) is 0 Å². The van der Waals surface area contributed by atoms with Crippen LogP contribution in [0.1, 0.15) is 0 Å². The van der Waals surface area contributed by atoms with Gasteiger partial charge in [0, 0.05) is 47.5 Å². The maximum Gasteiger partial charge on any atom is 0.0229 e. The van der Waals surface area contributed by atoms with Crippen LogP contribution in [0.2, 0.25) is 0 Å². The van der Waals surface area contributed by atoms with Gasteiger partial charge in [-0.3, -0.25) is 0 Å². The fourth-order valence-corrected chi connectivity index (χ4v) is 3.54. The molecule has 0 aromatic carbocycles. The summed E-state index contributed by atoms with van der Waals surface area (Å²) in [5.41, 5.74) is 0. The van der Waals surface area contributed by atoms with Gasteiger partial charge in [-0.15, -0.1) is 0 Å². The summed E-state index contributed by atoms with van der Waals surface area (Å²) in [4.78, 5) is 0. The fraction of sp³-hybridized carbons (Fsp3) is 0.333. The first-order chi connectivity index (χ1) is 5.00. The molecule has 2 rings (SSSR count). The summed E-state index contributed by atoms with van der Waals surface area (Å²) >= 11 is 0. The first-order valence-corrected chi connectivity index (χ1v) is 7.63. The number of rotatable bonds is 0. The van der Waals surface area contributed by atoms with Crippen LogP contribution in [0.25, 0.3) is 0 Å². The van der Waals surface area contributed by atoms with Crippen molar-refractivity contribution in [1.82, 2.24) is 0 Å². The van der Waals surface area contributed by atoms with E-state index < -0.39 is 0 Å². The molecule has 2 aliphatic rings. The Hall–Kier alpha value is 2.00. The van der Waals surface area contributed by atoms with E-state index in [-0.39, 0.29) is 36.0 Å². The molecule has 12 heavy (non-hydrogen) atoms. The summed E-state index contributed by atoms with van der Waals surface area (Å²) in [5.74, 6) is 2.40. The van der Waals surface area contributed by atoms with Crippen LogP contribution in [0, 0.1) is 0 Å². The van der Waals surface area contributed by atoms with Crippen molar-refractivity contribution < 1.29 is 36.0 Å². The molecule has 0 aromatic rings. The van der Waals surface area contributed by atoms with E-state index in [0.29, 0.717) is 0 Å². The van der Waals surface area contributed by atoms with Crippen LogP contribution < -0.4 is 0 Å². The average Bonchev–Trinajstić information content (AvgIpc) is 2.67. The maximum atomic E-state index is 2.16. The Bertz CT molecular complexity index is 112. The minimum Gasteiger partial charge on any atom is -0.0854 e. The minimum atomic E-state index is 0. The summed E-state index contributed by atoms with van der Waals surface area (Å²) < 4.78 is 0. The SMILES string of the molecule is C1=CSSC1.C1=CSSC1.[Ni].[Zn]. The van der Waals surface area contributed by atoms with Crippen molar-refractivity contribution in [2.24, 2.45) is 0 Å². The molecule has 0 unspecified atom stereocenters. The van der Waals surface area contributed by atoms with Gasteiger partial charge in [-0.2, -0.15) is 0 Å². The van der Waals surface area contributed by atoms with E-state index in [2.05, 4.69) is 23.0 Å². The molecule has 0 spiro atoms. The Morgan fingerprint density at radius 1 is 0.833 bits per heavy atom. The molecule has 6 heteroatoms. The maximum absolute atomic E-state index is 2.16. The van der Waals surface area contributed by atoms with E-state index in [1.165, 1.54) is 11.5 Å². The van der Waals surface area contributed by atoms with Crippen molar-refractivity contribution in [3.8, 4) is 0 Å². The van der Waals surface area contributed by atoms with Crippen LogP contribution in [0.4, 0.5) is 0 Å². The summed E-state index contributed by atoms with van der Waals surface area (Å²) in [5, 5.41) is 4.23. The topological polar surface area (TPSA) is 0 Å². The second-order valence-electron chi connectivity index (χ2n) is 1.51. The van der Waals surface area contributed by atoms with Crippen molar-refractivity contribution in [3.05, 3.63) is 23.0 Å². The molecule has 0 atom stereocenters. The Balaban J connectivity index is 0. The van der Waals surface area contributed by atoms with Gasteiger partial charge < -0.3 is 0 Å². The standard InChI is InChI=1S/2C3H4S2.Ni.Zn/c2*1-2-4-5-3-1;;/h2*1-2H,3H2;;. The van der Waals surface area contributed by atoms with E-state index in [4.69, 9.17) is 0 Å². The molecule has 0 saturated heterocycles. The zero-order valence-electron chi connectivity index (χ0n) is 6.38. The van der Waals surface area contributed by atoms with Gasteiger partial charge in [0.2, 0.25) is 0 Å². The summed E-state index contributed by atoms with van der Waals surface area (Å²) in [6, 6.07) is 0. The van der Waals surface area contributed by atoms with E-state index in [0.717, 1.165) is 0 Å². The fourth-order valence-electron chi connectivity index (χ4n) is 0.393. The zero-order chi connectivity index (χ0) is 7.07. The van der Waals surface area contributed by atoms with E-state index in [9.17, 15) is 0 Å². The summed E-state index contributed by atoms with van der Waals surface area (Å²) in [6.07, 6.45) is 4.32. The molecule has 0 fully saturated rings. The van der Waals surface area contributed by atoms with E-state index in [1.807, 2.05) is 43.2 Å². The van der Waals surface area contributed by atoms with Gasteiger partial charge in [0.15, 0.2) is 0 Å². The summed E-state index contributed by atoms with van der Waals surface area (Å²) in [6.45, 7) is 0. The molecule has 0 aliphatic carbocycles. The molecular weight excluding hydrogens is 324 g/mol. The van der Waals surface area contributed by atoms with Crippen molar-refractivity contribution in [2.75, 3.05) is 11.5 Å². The van der Waals surface area contributed by atoms with Crippen molar-refractivity contribution in [2.45, 2.75) is 0 Å². The van der Waals surface area contributed by atoms with Crippen LogP contribution in [-0.2, 0) is 36.0 Å². The van der Waals surface area contributed by atoms with Gasteiger partial charge in [-0.1, -0.05) is 55.3 Å². The molecule has 68 valence electrons. The first kappa shape index (κ1) is 16.4. The van der Waals surface area contributed by atoms with E-state index >= 15 is 0 Å². The van der Waals surface area contributed by atoms with Crippen molar-refractivity contribution in [1.29, 1.82) is 0 Å². The van der Waals surface area contributed by atoms with Gasteiger partial charge in [0.05, 0.1) is 0 Å². The molecule has 0 bridgehead atoms. The van der Waals surface area contributed by atoms with Gasteiger partial charge in [0.1, 0.15) is 0 Å². The van der Waals surface area contributed by atoms with Crippen LogP contribution in [-0.4, -0.2) is 11.5 Å². The van der Waals surface area contributed by atoms with Gasteiger partial charge in [0.25, 0.3) is 0 Å². The van der Waals surface area contributed by atoms with Crippen LogP contribution in [0.3, 0.4) is 0 Å². The Kier molecular flexibility index (Phi) is 17.8. The van der Waals surface area contributed by atoms with E-state index in [1.54, 1.807) is 0 Å². The van der Waals surface area contributed by atoms with Gasteiger partial charge in [-0.05, 0) is 10.8 Å². The normalized spacial score (nSPS) is 17.3. The quantitative estimate of drug-likeness (QED) is 0.489. The van der Waals surface area contributed by atoms with Gasteiger partial charge in [-0.25, -0.2) is 0 Å². The second kappa shape index (κ2) is 13.0. The second-order valence-corrected chi connectivity index (χ2v) is 6.14. The zero-order valence-corrected chi connectivity index (χ0v) is 13.6. The first-order valence-electron chi connectivity index (χ1n) is 2.87. The number of hydrogen-bond donors (Lipinski definition) is 0. The monoisotopic (exact) mass is 330 g/mol. The van der Waals surface area contributed by atoms with Crippen molar-refractivity contribution >= 4 is 43.2 Å². The molecule has 0 aromatic heterocycles. The van der Waals surface area contributed by atoms with Gasteiger partial charge >= 0.3 is 0 Å². The molecule has 0 saturated carbocycles. The molecule has 0 N–H and O–H groups in total. The molecule has 0 amide bonds. The Morgan fingerprint density at radius 3 is 1.33 bits per heavy atom. The van der Waals surface area contributed by atoms with Crippen LogP contribution in [0.15, 0.2) is 23.0 Å². The third-order valence-corrected chi connectivity index (χ3v) is 4.60. The molecule has 0 nitrogen and oxygen atoms in total. The smallest absolute Gasteiger partial charge is 0.0229 e. The Labute approximate surface area is 112 Å². The predicted molar refractivity (Wildman–Crippen MR) is 58.4 cm³/mol. The third-order valence-electron chi connectivity index (χ3n) is 0.768. The minimum absolute atomic E-state index is 0. The Morgan fingerprint density at radius 2 is 1.25 bits per heavy atom. The molecular formula is C6H8NiS4Zn. The number of hydrogen-bond acceptors (Lipinski definition) is 4. The predicted octanol–water partition coefficient (Wildman–Crippen LogP) is 3.79. The molecule has 2 heterocycles. The largest absolute Gasteiger partial charge is 0.0854 e. The third kappa shape index (κ3) is 10.1.